The van der Waals surface area contributed by atoms with Gasteiger partial charge in [-0.25, -0.2) is 10.1 Å². The van der Waals surface area contributed by atoms with Crippen LogP contribution in [0.4, 0.5) is 5.69 Å². The molecule has 0 atom stereocenters. The normalized spacial score (nSPS) is 16.9. The lowest BCUT2D eigenvalue weighted by molar-refractivity contribution is 0.282. The second-order valence-electron chi connectivity index (χ2n) is 4.99. The zero-order valence-corrected chi connectivity index (χ0v) is 13.0. The minimum Gasteiger partial charge on any atom is -0.368 e. The number of nitrogens with one attached hydrogen (secondary N) is 1. The van der Waals surface area contributed by atoms with E-state index in [4.69, 9.17) is 11.6 Å². The van der Waals surface area contributed by atoms with E-state index in [1.807, 2.05) is 5.51 Å². The number of nitrogens with zero attached hydrogens (tertiary/aromatic N) is 4. The van der Waals surface area contributed by atoms with Crippen molar-refractivity contribution in [2.45, 2.75) is 13.0 Å². The van der Waals surface area contributed by atoms with Gasteiger partial charge in [0.2, 0.25) is 0 Å². The first-order valence-corrected chi connectivity index (χ1v) is 8.13. The summed E-state index contributed by atoms with van der Waals surface area (Å²) in [6, 6.07) is 0. The standard InChI is InChI=1S/C13H16ClN5OS/c14-12-11(6-16-17-13(12)20)19-3-1-2-18(4-5-19)7-10-8-21-9-15-10/h6,8-9H,1-5,7H2,(H,17,20). The molecule has 1 fully saturated rings. The van der Waals surface area contributed by atoms with Gasteiger partial charge in [0.1, 0.15) is 5.02 Å². The van der Waals surface area contributed by atoms with Crippen LogP contribution < -0.4 is 10.5 Å². The first-order chi connectivity index (χ1) is 10.2. The Kier molecular flexibility index (Phi) is 4.52. The van der Waals surface area contributed by atoms with Gasteiger partial charge in [0, 0.05) is 38.1 Å². The van der Waals surface area contributed by atoms with Gasteiger partial charge in [0.15, 0.2) is 0 Å². The summed E-state index contributed by atoms with van der Waals surface area (Å²) >= 11 is 7.71. The van der Waals surface area contributed by atoms with Gasteiger partial charge in [-0.1, -0.05) is 11.6 Å². The lowest BCUT2D eigenvalue weighted by atomic mass is 10.3. The Morgan fingerprint density at radius 3 is 3.05 bits per heavy atom. The molecule has 2 aromatic heterocycles. The van der Waals surface area contributed by atoms with Gasteiger partial charge >= 0.3 is 0 Å². The van der Waals surface area contributed by atoms with Crippen LogP contribution in [-0.2, 0) is 6.54 Å². The maximum Gasteiger partial charge on any atom is 0.285 e. The maximum absolute atomic E-state index is 11.6. The summed E-state index contributed by atoms with van der Waals surface area (Å²) < 4.78 is 0. The van der Waals surface area contributed by atoms with E-state index < -0.39 is 0 Å². The first kappa shape index (κ1) is 14.5. The van der Waals surface area contributed by atoms with E-state index in [-0.39, 0.29) is 10.6 Å². The van der Waals surface area contributed by atoms with Gasteiger partial charge in [-0.2, -0.15) is 5.10 Å². The molecule has 0 spiro atoms. The quantitative estimate of drug-likeness (QED) is 0.928. The molecule has 112 valence electrons. The van der Waals surface area contributed by atoms with Gasteiger partial charge in [-0.3, -0.25) is 9.69 Å². The van der Waals surface area contributed by atoms with Crippen LogP contribution in [0.15, 0.2) is 21.9 Å². The minimum atomic E-state index is -0.335. The van der Waals surface area contributed by atoms with Crippen molar-refractivity contribution in [3.05, 3.63) is 38.2 Å². The number of halogens is 1. The van der Waals surface area contributed by atoms with Gasteiger partial charge in [0.25, 0.3) is 5.56 Å². The van der Waals surface area contributed by atoms with Crippen molar-refractivity contribution < 1.29 is 0 Å². The number of aromatic amines is 1. The van der Waals surface area contributed by atoms with E-state index in [0.29, 0.717) is 0 Å². The molecule has 0 saturated carbocycles. The third kappa shape index (κ3) is 3.42. The van der Waals surface area contributed by atoms with Gasteiger partial charge in [-0.15, -0.1) is 11.3 Å². The highest BCUT2D eigenvalue weighted by Gasteiger charge is 2.18. The van der Waals surface area contributed by atoms with E-state index in [1.54, 1.807) is 17.5 Å². The van der Waals surface area contributed by atoms with Gasteiger partial charge < -0.3 is 4.90 Å². The van der Waals surface area contributed by atoms with E-state index in [9.17, 15) is 4.79 Å². The second-order valence-corrected chi connectivity index (χ2v) is 6.09. The Hall–Kier alpha value is -1.44. The van der Waals surface area contributed by atoms with Crippen LogP contribution in [-0.4, -0.2) is 46.3 Å². The van der Waals surface area contributed by atoms with E-state index in [0.717, 1.165) is 50.5 Å². The molecule has 8 heteroatoms. The Labute approximate surface area is 131 Å². The van der Waals surface area contributed by atoms with Gasteiger partial charge in [-0.05, 0) is 6.42 Å². The topological polar surface area (TPSA) is 65.1 Å². The first-order valence-electron chi connectivity index (χ1n) is 6.81. The van der Waals surface area contributed by atoms with Crippen molar-refractivity contribution >= 4 is 28.6 Å². The zero-order valence-electron chi connectivity index (χ0n) is 11.5. The number of rotatable bonds is 3. The molecule has 0 bridgehead atoms. The van der Waals surface area contributed by atoms with Crippen LogP contribution in [0.3, 0.4) is 0 Å². The molecule has 1 aliphatic rings. The van der Waals surface area contributed by atoms with E-state index >= 15 is 0 Å². The smallest absolute Gasteiger partial charge is 0.285 e. The molecule has 0 aromatic carbocycles. The zero-order chi connectivity index (χ0) is 14.7. The van der Waals surface area contributed by atoms with Crippen LogP contribution in [0.5, 0.6) is 0 Å². The summed E-state index contributed by atoms with van der Waals surface area (Å²) in [5, 5.41) is 8.50. The molecule has 0 aliphatic carbocycles. The second kappa shape index (κ2) is 6.55. The number of thiazole rings is 1. The predicted octanol–water partition coefficient (Wildman–Crippen LogP) is 1.59. The molecule has 1 saturated heterocycles. The lowest BCUT2D eigenvalue weighted by Gasteiger charge is -2.23. The van der Waals surface area contributed by atoms with Crippen molar-refractivity contribution in [2.24, 2.45) is 0 Å². The summed E-state index contributed by atoms with van der Waals surface area (Å²) in [7, 11) is 0. The average Bonchev–Trinajstić information content (AvgIpc) is 2.88. The highest BCUT2D eigenvalue weighted by Crippen LogP contribution is 2.22. The van der Waals surface area contributed by atoms with Crippen LogP contribution in [0.1, 0.15) is 12.1 Å². The number of H-pyrrole nitrogens is 1. The largest absolute Gasteiger partial charge is 0.368 e. The number of aromatic nitrogens is 3. The Morgan fingerprint density at radius 1 is 1.33 bits per heavy atom. The molecular weight excluding hydrogens is 310 g/mol. The molecule has 2 aromatic rings. The molecule has 0 unspecified atom stereocenters. The third-order valence-electron chi connectivity index (χ3n) is 3.58. The Morgan fingerprint density at radius 2 is 2.24 bits per heavy atom. The third-order valence-corrected chi connectivity index (χ3v) is 4.58. The number of hydrogen-bond acceptors (Lipinski definition) is 6. The molecule has 3 heterocycles. The average molecular weight is 326 g/mol. The lowest BCUT2D eigenvalue weighted by Crippen LogP contribution is -2.31. The molecule has 0 radical (unpaired) electrons. The van der Waals surface area contributed by atoms with Crippen LogP contribution >= 0.6 is 22.9 Å². The van der Waals surface area contributed by atoms with Crippen LogP contribution in [0.2, 0.25) is 5.02 Å². The van der Waals surface area contributed by atoms with Crippen molar-refractivity contribution in [3.63, 3.8) is 0 Å². The molecular formula is C13H16ClN5OS. The van der Waals surface area contributed by atoms with Crippen LogP contribution in [0.25, 0.3) is 0 Å². The van der Waals surface area contributed by atoms with Crippen molar-refractivity contribution in [3.8, 4) is 0 Å². The highest BCUT2D eigenvalue weighted by molar-refractivity contribution is 7.07. The highest BCUT2D eigenvalue weighted by atomic mass is 35.5. The fraction of sp³-hybridized carbons (Fsp3) is 0.462. The Bertz CT molecular complexity index is 644. The molecule has 0 amide bonds. The molecule has 6 nitrogen and oxygen atoms in total. The predicted molar refractivity (Wildman–Crippen MR) is 84.1 cm³/mol. The van der Waals surface area contributed by atoms with Gasteiger partial charge in [0.05, 0.1) is 23.1 Å². The van der Waals surface area contributed by atoms with Crippen molar-refractivity contribution in [1.82, 2.24) is 20.1 Å². The number of anilines is 1. The van der Waals surface area contributed by atoms with Crippen LogP contribution in [0, 0.1) is 0 Å². The van der Waals surface area contributed by atoms with E-state index in [2.05, 4.69) is 30.4 Å². The maximum atomic E-state index is 11.6. The van der Waals surface area contributed by atoms with Crippen molar-refractivity contribution in [2.75, 3.05) is 31.1 Å². The summed E-state index contributed by atoms with van der Waals surface area (Å²) in [5.74, 6) is 0. The molecule has 1 N–H and O–H groups in total. The van der Waals surface area contributed by atoms with E-state index in [1.165, 1.54) is 0 Å². The summed E-state index contributed by atoms with van der Waals surface area (Å²) in [5.41, 5.74) is 3.36. The fourth-order valence-corrected chi connectivity index (χ4v) is 3.27. The SMILES string of the molecule is O=c1[nH]ncc(N2CCCN(Cc3cscn3)CC2)c1Cl. The van der Waals surface area contributed by atoms with Crippen molar-refractivity contribution in [1.29, 1.82) is 0 Å². The summed E-state index contributed by atoms with van der Waals surface area (Å²) in [6.45, 7) is 4.51. The fourth-order valence-electron chi connectivity index (χ4n) is 2.51. The molecule has 21 heavy (non-hydrogen) atoms. The Balaban J connectivity index is 1.68. The summed E-state index contributed by atoms with van der Waals surface area (Å²) in [6.07, 6.45) is 2.65. The minimum absolute atomic E-state index is 0.220. The molecule has 1 aliphatic heterocycles. The number of hydrogen-bond donors (Lipinski definition) is 1. The monoisotopic (exact) mass is 325 g/mol. The molecule has 3 rings (SSSR count). The summed E-state index contributed by atoms with van der Waals surface area (Å²) in [4.78, 5) is 20.4.